The van der Waals surface area contributed by atoms with Crippen molar-refractivity contribution in [1.29, 1.82) is 0 Å². The molecule has 0 atom stereocenters. The van der Waals surface area contributed by atoms with Crippen LogP contribution >= 0.6 is 0 Å². The van der Waals surface area contributed by atoms with Crippen molar-refractivity contribution in [3.8, 4) is 0 Å². The van der Waals surface area contributed by atoms with E-state index in [0.717, 1.165) is 24.3 Å². The number of hydroxylamine groups is 2. The molecule has 3 amide bonds. The van der Waals surface area contributed by atoms with Crippen molar-refractivity contribution >= 4 is 59.7 Å². The van der Waals surface area contributed by atoms with E-state index >= 15 is 0 Å². The Labute approximate surface area is 303 Å². The highest BCUT2D eigenvalue weighted by molar-refractivity contribution is 7.89. The number of aromatic carboxylic acids is 1. The largest absolute Gasteiger partial charge is 0.478 e. The van der Waals surface area contributed by atoms with Gasteiger partial charge in [-0.2, -0.15) is 0 Å². The number of carboxylic acid groups (broad SMARTS) is 1. The first kappa shape index (κ1) is 45.8. The molecule has 1 aliphatic rings. The van der Waals surface area contributed by atoms with Crippen LogP contribution in [0.1, 0.15) is 43.9 Å². The number of hydrogen-bond donors (Lipinski definition) is 8. The van der Waals surface area contributed by atoms with Crippen LogP contribution in [0.4, 0.5) is 0 Å². The maximum Gasteiger partial charge on any atom is 0.363 e. The molecular formula is C29H36N6O15S3. The summed E-state index contributed by atoms with van der Waals surface area (Å²) in [6.45, 7) is 0.469. The fourth-order valence-electron chi connectivity index (χ4n) is 3.43. The summed E-state index contributed by atoms with van der Waals surface area (Å²) in [6.07, 6.45) is -0.00701. The van der Waals surface area contributed by atoms with Crippen molar-refractivity contribution in [2.24, 2.45) is 21.2 Å². The van der Waals surface area contributed by atoms with Crippen molar-refractivity contribution in [3.63, 3.8) is 0 Å². The topological polar surface area (TPSA) is 377 Å². The number of benzene rings is 3. The molecular weight excluding hydrogens is 769 g/mol. The molecule has 53 heavy (non-hydrogen) atoms. The van der Waals surface area contributed by atoms with Crippen molar-refractivity contribution in [1.82, 2.24) is 10.4 Å². The minimum atomic E-state index is -3.86. The third-order valence-corrected chi connectivity index (χ3v) is 8.79. The molecule has 1 aliphatic heterocycles. The van der Waals surface area contributed by atoms with Crippen LogP contribution in [0.15, 0.2) is 87.5 Å². The Bertz CT molecular complexity index is 2060. The van der Waals surface area contributed by atoms with Gasteiger partial charge in [0.25, 0.3) is 17.7 Å². The van der Waals surface area contributed by atoms with Gasteiger partial charge in [0.2, 0.25) is 30.1 Å². The van der Waals surface area contributed by atoms with Gasteiger partial charge in [0.15, 0.2) is 0 Å². The summed E-state index contributed by atoms with van der Waals surface area (Å²) >= 11 is 0. The number of nitrogens with two attached hydrogens (primary N) is 4. The molecule has 1 heterocycles. The Balaban J connectivity index is 0.000000386. The Morgan fingerprint density at radius 2 is 0.981 bits per heavy atom. The molecule has 3 aromatic carbocycles. The Morgan fingerprint density at radius 1 is 0.642 bits per heavy atom. The maximum atomic E-state index is 11.7. The molecule has 0 spiro atoms. The molecule has 0 radical (unpaired) electrons. The molecule has 12 N–H and O–H groups in total. The molecule has 0 bridgehead atoms. The zero-order chi connectivity index (χ0) is 40.6. The van der Waals surface area contributed by atoms with Crippen LogP contribution in [0.3, 0.4) is 0 Å². The first-order valence-electron chi connectivity index (χ1n) is 14.5. The predicted molar refractivity (Wildman–Crippen MR) is 182 cm³/mol. The highest BCUT2D eigenvalue weighted by Crippen LogP contribution is 2.16. The van der Waals surface area contributed by atoms with Gasteiger partial charge in [-0.25, -0.2) is 50.3 Å². The first-order chi connectivity index (χ1) is 24.6. The van der Waals surface area contributed by atoms with E-state index in [1.165, 1.54) is 48.5 Å². The molecule has 24 heteroatoms. The number of rotatable bonds is 10. The van der Waals surface area contributed by atoms with Crippen molar-refractivity contribution in [2.45, 2.75) is 27.5 Å². The van der Waals surface area contributed by atoms with E-state index in [2.05, 4.69) is 10.2 Å². The average molecular weight is 805 g/mol. The summed E-state index contributed by atoms with van der Waals surface area (Å²) in [5.41, 5.74) is 5.10. The fourth-order valence-corrected chi connectivity index (χ4v) is 4.98. The quantitative estimate of drug-likeness (QED) is 0.0989. The molecule has 1 fully saturated rings. The van der Waals surface area contributed by atoms with Gasteiger partial charge in [0.05, 0.1) is 39.0 Å². The zero-order valence-corrected chi connectivity index (χ0v) is 29.8. The summed E-state index contributed by atoms with van der Waals surface area (Å²) in [6, 6.07) is 14.5. The monoisotopic (exact) mass is 804 g/mol. The SMILES string of the molecule is NCCO.NS(=O)(=O)c1ccc(C(=O)NCCO)cc1.NS(=O)(=O)c1ccc(C(=O)O)cc1.NS(=O)(=O)c1ccc(C(=O)ON2C(=O)CCC2=O)cc1. The molecule has 3 aromatic rings. The number of imide groups is 1. The van der Waals surface area contributed by atoms with Crippen LogP contribution in [-0.4, -0.2) is 102 Å². The Kier molecular flexibility index (Phi) is 18.0. The van der Waals surface area contributed by atoms with Gasteiger partial charge in [-0.1, -0.05) is 0 Å². The van der Waals surface area contributed by atoms with E-state index in [-0.39, 0.29) is 64.3 Å². The van der Waals surface area contributed by atoms with Crippen LogP contribution in [0.2, 0.25) is 0 Å². The van der Waals surface area contributed by atoms with E-state index < -0.39 is 53.8 Å². The van der Waals surface area contributed by atoms with Crippen LogP contribution < -0.4 is 26.5 Å². The second kappa shape index (κ2) is 20.8. The molecule has 0 saturated carbocycles. The van der Waals surface area contributed by atoms with Crippen molar-refractivity contribution in [2.75, 3.05) is 26.3 Å². The number of carboxylic acids is 1. The first-order valence-corrected chi connectivity index (χ1v) is 19.1. The second-order valence-electron chi connectivity index (χ2n) is 9.97. The lowest BCUT2D eigenvalue weighted by Crippen LogP contribution is -2.32. The normalized spacial score (nSPS) is 12.5. The summed E-state index contributed by atoms with van der Waals surface area (Å²) in [7, 11) is -11.3. The smallest absolute Gasteiger partial charge is 0.363 e. The van der Waals surface area contributed by atoms with E-state index in [1.54, 1.807) is 0 Å². The van der Waals surface area contributed by atoms with Gasteiger partial charge in [-0.05, 0) is 72.8 Å². The number of amides is 3. The van der Waals surface area contributed by atoms with Gasteiger partial charge in [-0.3, -0.25) is 14.4 Å². The molecule has 0 unspecified atom stereocenters. The van der Waals surface area contributed by atoms with E-state index in [1.807, 2.05) is 0 Å². The highest BCUT2D eigenvalue weighted by Gasteiger charge is 2.33. The third-order valence-electron chi connectivity index (χ3n) is 6.00. The van der Waals surface area contributed by atoms with Gasteiger partial charge >= 0.3 is 11.9 Å². The van der Waals surface area contributed by atoms with Crippen molar-refractivity contribution in [3.05, 3.63) is 89.5 Å². The number of nitrogens with one attached hydrogen (secondary N) is 1. The Morgan fingerprint density at radius 3 is 1.28 bits per heavy atom. The van der Waals surface area contributed by atoms with Crippen LogP contribution in [0.25, 0.3) is 0 Å². The van der Waals surface area contributed by atoms with Crippen molar-refractivity contribution < 1.29 is 69.4 Å². The maximum absolute atomic E-state index is 11.7. The van der Waals surface area contributed by atoms with Gasteiger partial charge in [-0.15, -0.1) is 5.06 Å². The summed E-state index contributed by atoms with van der Waals surface area (Å²) in [5.74, 6) is -3.61. The van der Waals surface area contributed by atoms with E-state index in [4.69, 9.17) is 36.5 Å². The molecule has 0 aromatic heterocycles. The van der Waals surface area contributed by atoms with Gasteiger partial charge in [0, 0.05) is 31.5 Å². The fraction of sp³-hybridized carbons (Fsp3) is 0.207. The molecule has 4 rings (SSSR count). The second-order valence-corrected chi connectivity index (χ2v) is 14.6. The average Bonchev–Trinajstić information content (AvgIpc) is 3.42. The molecule has 0 aliphatic carbocycles. The number of carbonyl (C=O) groups excluding carboxylic acids is 4. The minimum Gasteiger partial charge on any atom is -0.478 e. The number of primary sulfonamides is 3. The number of nitrogens with zero attached hydrogens (tertiary/aromatic N) is 1. The number of hydrogen-bond acceptors (Lipinski definition) is 15. The minimum absolute atomic E-state index is 0.00350. The van der Waals surface area contributed by atoms with Crippen LogP contribution in [0, 0.1) is 0 Å². The van der Waals surface area contributed by atoms with E-state index in [9.17, 15) is 49.2 Å². The Hall–Kier alpha value is -5.18. The zero-order valence-electron chi connectivity index (χ0n) is 27.4. The summed E-state index contributed by atoms with van der Waals surface area (Å²) < 4.78 is 65.4. The summed E-state index contributed by atoms with van der Waals surface area (Å²) in [4.78, 5) is 60.3. The number of aliphatic hydroxyl groups is 2. The lowest BCUT2D eigenvalue weighted by molar-refractivity contribution is -0.172. The lowest BCUT2D eigenvalue weighted by Gasteiger charge is -2.12. The number of aliphatic hydroxyl groups excluding tert-OH is 2. The highest BCUT2D eigenvalue weighted by atomic mass is 32.2. The molecule has 1 saturated heterocycles. The van der Waals surface area contributed by atoms with Crippen LogP contribution in [0.5, 0.6) is 0 Å². The van der Waals surface area contributed by atoms with Gasteiger partial charge < -0.3 is 31.2 Å². The van der Waals surface area contributed by atoms with Crippen LogP contribution in [-0.2, 0) is 44.5 Å². The van der Waals surface area contributed by atoms with E-state index in [0.29, 0.717) is 17.2 Å². The molecule has 290 valence electrons. The molecule has 21 nitrogen and oxygen atoms in total. The lowest BCUT2D eigenvalue weighted by atomic mass is 10.2. The van der Waals surface area contributed by atoms with Gasteiger partial charge in [0.1, 0.15) is 0 Å². The third kappa shape index (κ3) is 15.9. The number of carbonyl (C=O) groups is 5. The predicted octanol–water partition coefficient (Wildman–Crippen LogP) is -2.42. The standard InChI is InChI=1S/C11H10N2O6S.C9H12N2O4S.C7H7NO4S.C2H7NO/c12-20(17,18)8-3-1-7(2-4-8)11(16)19-13-9(14)5-6-10(13)15;10-16(14,15)8-3-1-7(2-4-8)9(13)11-5-6-12;8-13(11,12)6-3-1-5(2-4-6)7(9)10;3-1-2-4/h1-4H,5-6H2,(H2,12,17,18);1-4,12H,5-6H2,(H,11,13)(H2,10,14,15);1-4H,(H,9,10)(H2,8,11,12);4H,1-3H2. The summed E-state index contributed by atoms with van der Waals surface area (Å²) in [5, 5.41) is 42.2. The number of sulfonamides is 3.